The van der Waals surface area contributed by atoms with Crippen molar-refractivity contribution >= 4 is 17.6 Å². The van der Waals surface area contributed by atoms with Crippen molar-refractivity contribution in [3.63, 3.8) is 0 Å². The molecular formula is C19H20FNO4. The first-order valence-electron chi connectivity index (χ1n) is 7.85. The minimum absolute atomic E-state index is 0.403. The van der Waals surface area contributed by atoms with Gasteiger partial charge in [0.25, 0.3) is 5.91 Å². The van der Waals surface area contributed by atoms with E-state index in [9.17, 15) is 14.0 Å². The Morgan fingerprint density at radius 2 is 1.72 bits per heavy atom. The van der Waals surface area contributed by atoms with Crippen molar-refractivity contribution in [2.75, 3.05) is 5.32 Å². The number of amides is 1. The van der Waals surface area contributed by atoms with Crippen LogP contribution in [-0.2, 0) is 14.3 Å². The zero-order chi connectivity index (χ0) is 18.4. The van der Waals surface area contributed by atoms with Crippen molar-refractivity contribution in [3.8, 4) is 5.75 Å². The number of carbonyl (C=O) groups excluding carboxylic acids is 2. The van der Waals surface area contributed by atoms with Gasteiger partial charge in [0.05, 0.1) is 0 Å². The normalized spacial score (nSPS) is 12.8. The van der Waals surface area contributed by atoms with Crippen molar-refractivity contribution < 1.29 is 23.5 Å². The Labute approximate surface area is 145 Å². The third-order valence-electron chi connectivity index (χ3n) is 3.41. The van der Waals surface area contributed by atoms with E-state index in [4.69, 9.17) is 9.47 Å². The van der Waals surface area contributed by atoms with E-state index in [0.717, 1.165) is 5.56 Å². The van der Waals surface area contributed by atoms with Crippen LogP contribution in [0.4, 0.5) is 10.1 Å². The molecule has 5 nitrogen and oxygen atoms in total. The molecule has 0 aliphatic rings. The second kappa shape index (κ2) is 8.28. The summed E-state index contributed by atoms with van der Waals surface area (Å²) in [5.41, 5.74) is 1.42. The van der Waals surface area contributed by atoms with Gasteiger partial charge in [-0.05, 0) is 62.7 Å². The Kier molecular flexibility index (Phi) is 6.11. The second-order valence-corrected chi connectivity index (χ2v) is 5.65. The monoisotopic (exact) mass is 345 g/mol. The van der Waals surface area contributed by atoms with Crippen LogP contribution in [0.1, 0.15) is 19.4 Å². The van der Waals surface area contributed by atoms with Crippen LogP contribution in [-0.4, -0.2) is 24.1 Å². The van der Waals surface area contributed by atoms with E-state index in [1.807, 2.05) is 19.1 Å². The lowest BCUT2D eigenvalue weighted by Crippen LogP contribution is -2.35. The standard InChI is InChI=1S/C19H20FNO4/c1-12-5-4-6-17(11-12)24-14(3)19(23)25-13(2)18(22)21-16-9-7-15(20)8-10-16/h4-11,13-14H,1-3H3,(H,21,22)/t13-,14-/m0/s1. The molecule has 2 rings (SSSR count). The van der Waals surface area contributed by atoms with Gasteiger partial charge >= 0.3 is 5.97 Å². The van der Waals surface area contributed by atoms with Gasteiger partial charge in [-0.15, -0.1) is 0 Å². The molecule has 0 spiro atoms. The lowest BCUT2D eigenvalue weighted by atomic mass is 10.2. The van der Waals surface area contributed by atoms with Crippen molar-refractivity contribution in [2.24, 2.45) is 0 Å². The molecule has 0 aliphatic heterocycles. The van der Waals surface area contributed by atoms with Crippen LogP contribution in [0.3, 0.4) is 0 Å². The van der Waals surface area contributed by atoms with Gasteiger partial charge in [-0.2, -0.15) is 0 Å². The molecule has 0 heterocycles. The fourth-order valence-electron chi connectivity index (χ4n) is 2.04. The fraction of sp³-hybridized carbons (Fsp3) is 0.263. The van der Waals surface area contributed by atoms with Crippen LogP contribution >= 0.6 is 0 Å². The maximum Gasteiger partial charge on any atom is 0.347 e. The predicted molar refractivity (Wildman–Crippen MR) is 91.9 cm³/mol. The number of halogens is 1. The van der Waals surface area contributed by atoms with Gasteiger partial charge in [0.2, 0.25) is 0 Å². The first-order valence-corrected chi connectivity index (χ1v) is 7.85. The summed E-state index contributed by atoms with van der Waals surface area (Å²) < 4.78 is 23.5. The maximum atomic E-state index is 12.9. The molecule has 2 aromatic carbocycles. The average Bonchev–Trinajstić information content (AvgIpc) is 2.56. The Morgan fingerprint density at radius 3 is 2.36 bits per heavy atom. The molecule has 0 bridgehead atoms. The minimum Gasteiger partial charge on any atom is -0.479 e. The molecular weight excluding hydrogens is 325 g/mol. The van der Waals surface area contributed by atoms with E-state index in [1.165, 1.54) is 31.2 Å². The number of anilines is 1. The van der Waals surface area contributed by atoms with Crippen molar-refractivity contribution in [1.29, 1.82) is 0 Å². The molecule has 0 aliphatic carbocycles. The molecule has 0 saturated heterocycles. The lowest BCUT2D eigenvalue weighted by molar-refractivity contribution is -0.159. The summed E-state index contributed by atoms with van der Waals surface area (Å²) in [6.45, 7) is 4.92. The molecule has 0 saturated carbocycles. The summed E-state index contributed by atoms with van der Waals surface area (Å²) in [7, 11) is 0. The van der Waals surface area contributed by atoms with Gasteiger partial charge < -0.3 is 14.8 Å². The lowest BCUT2D eigenvalue weighted by Gasteiger charge is -2.18. The summed E-state index contributed by atoms with van der Waals surface area (Å²) in [6.07, 6.45) is -1.87. The number of ether oxygens (including phenoxy) is 2. The topological polar surface area (TPSA) is 64.6 Å². The molecule has 25 heavy (non-hydrogen) atoms. The highest BCUT2D eigenvalue weighted by molar-refractivity contribution is 5.95. The van der Waals surface area contributed by atoms with Crippen LogP contribution in [0.25, 0.3) is 0 Å². The van der Waals surface area contributed by atoms with E-state index in [-0.39, 0.29) is 0 Å². The first kappa shape index (κ1) is 18.4. The van der Waals surface area contributed by atoms with Crippen molar-refractivity contribution in [2.45, 2.75) is 33.0 Å². The van der Waals surface area contributed by atoms with Gasteiger partial charge in [0, 0.05) is 5.69 Å². The van der Waals surface area contributed by atoms with Gasteiger partial charge in [-0.25, -0.2) is 9.18 Å². The number of rotatable bonds is 6. The first-order chi connectivity index (χ1) is 11.8. The van der Waals surface area contributed by atoms with Gasteiger partial charge in [-0.3, -0.25) is 4.79 Å². The average molecular weight is 345 g/mol. The van der Waals surface area contributed by atoms with Crippen molar-refractivity contribution in [3.05, 3.63) is 59.9 Å². The third-order valence-corrected chi connectivity index (χ3v) is 3.41. The number of nitrogens with one attached hydrogen (secondary N) is 1. The molecule has 0 aromatic heterocycles. The second-order valence-electron chi connectivity index (χ2n) is 5.65. The minimum atomic E-state index is -1.01. The zero-order valence-electron chi connectivity index (χ0n) is 14.3. The number of hydrogen-bond donors (Lipinski definition) is 1. The number of carbonyl (C=O) groups is 2. The van der Waals surface area contributed by atoms with Crippen LogP contribution in [0, 0.1) is 12.7 Å². The zero-order valence-corrected chi connectivity index (χ0v) is 14.3. The Morgan fingerprint density at radius 1 is 1.04 bits per heavy atom. The van der Waals surface area contributed by atoms with Gasteiger partial charge in [0.15, 0.2) is 12.2 Å². The SMILES string of the molecule is Cc1cccc(O[C@@H](C)C(=O)O[C@@H](C)C(=O)Nc2ccc(F)cc2)c1. The summed E-state index contributed by atoms with van der Waals surface area (Å²) in [6, 6.07) is 12.6. The summed E-state index contributed by atoms with van der Waals surface area (Å²) >= 11 is 0. The highest BCUT2D eigenvalue weighted by Crippen LogP contribution is 2.15. The van der Waals surface area contributed by atoms with Crippen LogP contribution < -0.4 is 10.1 Å². The largest absolute Gasteiger partial charge is 0.479 e. The molecule has 0 radical (unpaired) electrons. The summed E-state index contributed by atoms with van der Waals surface area (Å²) in [4.78, 5) is 24.1. The van der Waals surface area contributed by atoms with E-state index in [1.54, 1.807) is 19.1 Å². The quantitative estimate of drug-likeness (QED) is 0.814. The number of aryl methyl sites for hydroxylation is 1. The van der Waals surface area contributed by atoms with Crippen molar-refractivity contribution in [1.82, 2.24) is 0 Å². The number of esters is 1. The van der Waals surface area contributed by atoms with Gasteiger partial charge in [0.1, 0.15) is 11.6 Å². The van der Waals surface area contributed by atoms with E-state index in [0.29, 0.717) is 11.4 Å². The predicted octanol–water partition coefficient (Wildman–Crippen LogP) is 3.47. The molecule has 2 atom stereocenters. The highest BCUT2D eigenvalue weighted by atomic mass is 19.1. The Balaban J connectivity index is 1.87. The van der Waals surface area contributed by atoms with Crippen LogP contribution in [0.5, 0.6) is 5.75 Å². The molecule has 0 unspecified atom stereocenters. The third kappa shape index (κ3) is 5.60. The molecule has 0 fully saturated rings. The summed E-state index contributed by atoms with van der Waals surface area (Å²) in [5.74, 6) is -1.02. The van der Waals surface area contributed by atoms with Crippen LogP contribution in [0.15, 0.2) is 48.5 Å². The Hall–Kier alpha value is -2.89. The molecule has 6 heteroatoms. The molecule has 1 amide bonds. The highest BCUT2D eigenvalue weighted by Gasteiger charge is 2.23. The Bertz CT molecular complexity index is 745. The van der Waals surface area contributed by atoms with Crippen LogP contribution in [0.2, 0.25) is 0 Å². The molecule has 2 aromatic rings. The van der Waals surface area contributed by atoms with Gasteiger partial charge in [-0.1, -0.05) is 12.1 Å². The maximum absolute atomic E-state index is 12.9. The number of benzene rings is 2. The smallest absolute Gasteiger partial charge is 0.347 e. The summed E-state index contributed by atoms with van der Waals surface area (Å²) in [5, 5.41) is 2.55. The fourth-order valence-corrected chi connectivity index (χ4v) is 2.04. The molecule has 132 valence electrons. The number of hydrogen-bond acceptors (Lipinski definition) is 4. The van der Waals surface area contributed by atoms with E-state index < -0.39 is 29.9 Å². The molecule has 1 N–H and O–H groups in total. The van der Waals surface area contributed by atoms with E-state index in [2.05, 4.69) is 5.32 Å². The van der Waals surface area contributed by atoms with E-state index >= 15 is 0 Å².